The average Bonchev–Trinajstić information content (AvgIpc) is 2.82. The molecule has 0 aliphatic heterocycles. The van der Waals surface area contributed by atoms with E-state index >= 15 is 0 Å². The second kappa shape index (κ2) is 5.05. The minimum atomic E-state index is -0.110. The van der Waals surface area contributed by atoms with Gasteiger partial charge in [0.05, 0.1) is 6.10 Å². The minimum absolute atomic E-state index is 0.110. The van der Waals surface area contributed by atoms with Crippen molar-refractivity contribution in [2.45, 2.75) is 57.5 Å². The number of hydrogen-bond acceptors (Lipinski definition) is 1. The molecule has 1 aromatic rings. The van der Waals surface area contributed by atoms with Crippen LogP contribution in [0.3, 0.4) is 0 Å². The second-order valence-electron chi connectivity index (χ2n) is 6.35. The summed E-state index contributed by atoms with van der Waals surface area (Å²) >= 11 is 0. The zero-order chi connectivity index (χ0) is 12.5. The molecule has 1 fully saturated rings. The summed E-state index contributed by atoms with van der Waals surface area (Å²) in [4.78, 5) is 0. The summed E-state index contributed by atoms with van der Waals surface area (Å²) in [6, 6.07) is 8.69. The van der Waals surface area contributed by atoms with Crippen molar-refractivity contribution in [3.05, 3.63) is 35.4 Å². The van der Waals surface area contributed by atoms with Crippen LogP contribution in [-0.2, 0) is 6.42 Å². The Balaban J connectivity index is 1.72. The topological polar surface area (TPSA) is 20.2 Å². The van der Waals surface area contributed by atoms with Gasteiger partial charge in [0.25, 0.3) is 0 Å². The van der Waals surface area contributed by atoms with Gasteiger partial charge in [-0.1, -0.05) is 44.0 Å². The van der Waals surface area contributed by atoms with Gasteiger partial charge < -0.3 is 5.11 Å². The third-order valence-corrected chi connectivity index (χ3v) is 5.13. The number of aliphatic hydroxyl groups excluding tert-OH is 1. The highest BCUT2D eigenvalue weighted by atomic mass is 16.3. The molecular weight excluding hydrogens is 220 g/mol. The van der Waals surface area contributed by atoms with Crippen molar-refractivity contribution >= 4 is 0 Å². The van der Waals surface area contributed by atoms with E-state index in [1.807, 2.05) is 0 Å². The lowest BCUT2D eigenvalue weighted by molar-refractivity contribution is 0.0531. The number of hydrogen-bond donors (Lipinski definition) is 1. The van der Waals surface area contributed by atoms with Crippen LogP contribution >= 0.6 is 0 Å². The van der Waals surface area contributed by atoms with Crippen LogP contribution in [0.4, 0.5) is 0 Å². The zero-order valence-electron chi connectivity index (χ0n) is 11.3. The van der Waals surface area contributed by atoms with Crippen molar-refractivity contribution in [2.75, 3.05) is 0 Å². The largest absolute Gasteiger partial charge is 0.392 e. The van der Waals surface area contributed by atoms with E-state index in [0.717, 1.165) is 18.8 Å². The lowest BCUT2D eigenvalue weighted by Gasteiger charge is -2.33. The molecule has 2 aliphatic carbocycles. The average molecular weight is 244 g/mol. The number of aryl methyl sites for hydroxylation is 1. The highest BCUT2D eigenvalue weighted by Crippen LogP contribution is 2.41. The summed E-state index contributed by atoms with van der Waals surface area (Å²) in [7, 11) is 0. The maximum atomic E-state index is 10.7. The maximum absolute atomic E-state index is 10.7. The number of fused-ring (bicyclic) bond motifs is 1. The lowest BCUT2D eigenvalue weighted by Crippen LogP contribution is -2.29. The molecule has 0 bridgehead atoms. The second-order valence-corrected chi connectivity index (χ2v) is 6.35. The first-order valence-corrected chi connectivity index (χ1v) is 7.51. The molecule has 0 saturated heterocycles. The molecule has 1 aromatic carbocycles. The standard InChI is InChI=1S/C17H24O/c1-12-6-8-14(9-7-12)17(18)16-11-10-13-4-2-3-5-15(13)16/h2-5,12,14,16-18H,6-11H2,1H3. The van der Waals surface area contributed by atoms with Gasteiger partial charge in [0, 0.05) is 5.92 Å². The summed E-state index contributed by atoms with van der Waals surface area (Å²) in [5.74, 6) is 1.81. The van der Waals surface area contributed by atoms with E-state index in [0.29, 0.717) is 11.8 Å². The Morgan fingerprint density at radius 3 is 2.56 bits per heavy atom. The Kier molecular flexibility index (Phi) is 3.43. The predicted molar refractivity (Wildman–Crippen MR) is 74.6 cm³/mol. The predicted octanol–water partition coefficient (Wildman–Crippen LogP) is 3.90. The van der Waals surface area contributed by atoms with Gasteiger partial charge in [0.15, 0.2) is 0 Å². The monoisotopic (exact) mass is 244 g/mol. The Labute approximate surface area is 110 Å². The van der Waals surface area contributed by atoms with Gasteiger partial charge >= 0.3 is 0 Å². The Morgan fingerprint density at radius 2 is 1.78 bits per heavy atom. The van der Waals surface area contributed by atoms with Crippen LogP contribution in [0.15, 0.2) is 24.3 Å². The fraction of sp³-hybridized carbons (Fsp3) is 0.647. The highest BCUT2D eigenvalue weighted by Gasteiger charge is 2.34. The molecule has 98 valence electrons. The molecule has 2 atom stereocenters. The van der Waals surface area contributed by atoms with Crippen molar-refractivity contribution in [3.63, 3.8) is 0 Å². The van der Waals surface area contributed by atoms with Crippen LogP contribution in [0, 0.1) is 11.8 Å². The third-order valence-electron chi connectivity index (χ3n) is 5.13. The van der Waals surface area contributed by atoms with E-state index in [4.69, 9.17) is 0 Å². The molecule has 0 aromatic heterocycles. The summed E-state index contributed by atoms with van der Waals surface area (Å²) in [6.45, 7) is 2.34. The lowest BCUT2D eigenvalue weighted by atomic mass is 9.76. The van der Waals surface area contributed by atoms with E-state index in [1.165, 1.54) is 36.8 Å². The van der Waals surface area contributed by atoms with Gasteiger partial charge in [-0.2, -0.15) is 0 Å². The Bertz CT molecular complexity index is 404. The fourth-order valence-corrected chi connectivity index (χ4v) is 3.90. The van der Waals surface area contributed by atoms with Crippen molar-refractivity contribution in [3.8, 4) is 0 Å². The molecule has 3 rings (SSSR count). The van der Waals surface area contributed by atoms with Crippen LogP contribution in [-0.4, -0.2) is 11.2 Å². The summed E-state index contributed by atoms with van der Waals surface area (Å²) < 4.78 is 0. The Morgan fingerprint density at radius 1 is 1.06 bits per heavy atom. The van der Waals surface area contributed by atoms with E-state index < -0.39 is 0 Å². The SMILES string of the molecule is CC1CCC(C(O)C2CCc3ccccc32)CC1. The van der Waals surface area contributed by atoms with E-state index in [2.05, 4.69) is 31.2 Å². The van der Waals surface area contributed by atoms with Crippen molar-refractivity contribution in [1.82, 2.24) is 0 Å². The summed E-state index contributed by atoms with van der Waals surface area (Å²) in [5, 5.41) is 10.7. The molecule has 1 nitrogen and oxygen atoms in total. The normalized spacial score (nSPS) is 33.1. The highest BCUT2D eigenvalue weighted by molar-refractivity contribution is 5.35. The van der Waals surface area contributed by atoms with Crippen LogP contribution in [0.25, 0.3) is 0 Å². The van der Waals surface area contributed by atoms with Crippen LogP contribution < -0.4 is 0 Å². The first-order chi connectivity index (χ1) is 8.75. The van der Waals surface area contributed by atoms with Crippen LogP contribution in [0.1, 0.15) is 56.1 Å². The molecule has 0 spiro atoms. The molecule has 18 heavy (non-hydrogen) atoms. The number of benzene rings is 1. The molecular formula is C17H24O. The van der Waals surface area contributed by atoms with Crippen molar-refractivity contribution in [2.24, 2.45) is 11.8 Å². The number of aliphatic hydroxyl groups is 1. The maximum Gasteiger partial charge on any atom is 0.0637 e. The van der Waals surface area contributed by atoms with Gasteiger partial charge in [-0.25, -0.2) is 0 Å². The smallest absolute Gasteiger partial charge is 0.0637 e. The summed E-state index contributed by atoms with van der Waals surface area (Å²) in [5.41, 5.74) is 2.88. The minimum Gasteiger partial charge on any atom is -0.392 e. The van der Waals surface area contributed by atoms with E-state index in [-0.39, 0.29) is 6.10 Å². The first-order valence-electron chi connectivity index (χ1n) is 7.51. The third kappa shape index (κ3) is 2.21. The zero-order valence-corrected chi connectivity index (χ0v) is 11.3. The van der Waals surface area contributed by atoms with Gasteiger partial charge in [-0.3, -0.25) is 0 Å². The molecule has 0 heterocycles. The molecule has 0 radical (unpaired) electrons. The van der Waals surface area contributed by atoms with Gasteiger partial charge in [-0.05, 0) is 48.6 Å². The molecule has 2 unspecified atom stereocenters. The molecule has 1 heteroatoms. The molecule has 0 amide bonds. The summed E-state index contributed by atoms with van der Waals surface area (Å²) in [6.07, 6.45) is 7.24. The van der Waals surface area contributed by atoms with Crippen molar-refractivity contribution < 1.29 is 5.11 Å². The van der Waals surface area contributed by atoms with Gasteiger partial charge in [0.2, 0.25) is 0 Å². The molecule has 1 saturated carbocycles. The van der Waals surface area contributed by atoms with Crippen LogP contribution in [0.2, 0.25) is 0 Å². The number of rotatable bonds is 2. The van der Waals surface area contributed by atoms with Gasteiger partial charge in [-0.15, -0.1) is 0 Å². The van der Waals surface area contributed by atoms with E-state index in [9.17, 15) is 5.11 Å². The first kappa shape index (κ1) is 12.2. The Hall–Kier alpha value is -0.820. The van der Waals surface area contributed by atoms with Gasteiger partial charge in [0.1, 0.15) is 0 Å². The quantitative estimate of drug-likeness (QED) is 0.836. The van der Waals surface area contributed by atoms with E-state index in [1.54, 1.807) is 0 Å². The van der Waals surface area contributed by atoms with Crippen LogP contribution in [0.5, 0.6) is 0 Å². The molecule has 1 N–H and O–H groups in total. The fourth-order valence-electron chi connectivity index (χ4n) is 3.90. The van der Waals surface area contributed by atoms with Crippen molar-refractivity contribution in [1.29, 1.82) is 0 Å². The molecule has 2 aliphatic rings.